The molecule has 19 heavy (non-hydrogen) atoms. The largest absolute Gasteiger partial charge is 0.469 e. The Morgan fingerprint density at radius 3 is 2.47 bits per heavy atom. The second-order valence-electron chi connectivity index (χ2n) is 5.03. The standard InChI is InChI=1S/C15H19NO3/c1-10-3-5-11(6-4-10)13(9-14(17)19-2)16-15(18)12-7-8-12/h3-6,12-13H,7-9H2,1-2H3,(H,16,18)/t13-/m1/s1. The average molecular weight is 261 g/mol. The highest BCUT2D eigenvalue weighted by molar-refractivity contribution is 5.82. The molecule has 0 unspecified atom stereocenters. The van der Waals surface area contributed by atoms with Crippen LogP contribution in [0.5, 0.6) is 0 Å². The molecule has 0 saturated heterocycles. The Kier molecular flexibility index (Phi) is 4.20. The monoisotopic (exact) mass is 261 g/mol. The minimum absolute atomic E-state index is 0.0366. The average Bonchev–Trinajstić information content (AvgIpc) is 3.23. The summed E-state index contributed by atoms with van der Waals surface area (Å²) >= 11 is 0. The molecule has 4 nitrogen and oxygen atoms in total. The van der Waals surface area contributed by atoms with Crippen molar-refractivity contribution in [3.63, 3.8) is 0 Å². The van der Waals surface area contributed by atoms with Crippen molar-refractivity contribution in [1.82, 2.24) is 5.32 Å². The Hall–Kier alpha value is -1.84. The molecule has 1 amide bonds. The van der Waals surface area contributed by atoms with Gasteiger partial charge in [0.05, 0.1) is 19.6 Å². The first-order valence-electron chi connectivity index (χ1n) is 6.54. The van der Waals surface area contributed by atoms with E-state index in [1.54, 1.807) is 0 Å². The molecule has 0 heterocycles. The smallest absolute Gasteiger partial charge is 0.307 e. The predicted molar refractivity (Wildman–Crippen MR) is 71.4 cm³/mol. The first kappa shape index (κ1) is 13.6. The fourth-order valence-electron chi connectivity index (χ4n) is 1.94. The van der Waals surface area contributed by atoms with Crippen LogP contribution < -0.4 is 5.32 Å². The second kappa shape index (κ2) is 5.87. The summed E-state index contributed by atoms with van der Waals surface area (Å²) in [5, 5.41) is 2.94. The summed E-state index contributed by atoms with van der Waals surface area (Å²) in [6.07, 6.45) is 2.06. The summed E-state index contributed by atoms with van der Waals surface area (Å²) in [5.74, 6) is -0.151. The lowest BCUT2D eigenvalue weighted by atomic mass is 10.0. The number of carbonyl (C=O) groups is 2. The van der Waals surface area contributed by atoms with Crippen molar-refractivity contribution >= 4 is 11.9 Å². The third kappa shape index (κ3) is 3.81. The molecule has 0 bridgehead atoms. The highest BCUT2D eigenvalue weighted by atomic mass is 16.5. The summed E-state index contributed by atoms with van der Waals surface area (Å²) < 4.78 is 4.69. The lowest BCUT2D eigenvalue weighted by Gasteiger charge is -2.18. The van der Waals surface area contributed by atoms with Gasteiger partial charge in [0, 0.05) is 5.92 Å². The minimum atomic E-state index is -0.318. The quantitative estimate of drug-likeness (QED) is 0.826. The zero-order chi connectivity index (χ0) is 13.8. The van der Waals surface area contributed by atoms with E-state index in [4.69, 9.17) is 4.74 Å². The number of ether oxygens (including phenoxy) is 1. The van der Waals surface area contributed by atoms with Gasteiger partial charge in [0.15, 0.2) is 0 Å². The van der Waals surface area contributed by atoms with Crippen molar-refractivity contribution in [2.24, 2.45) is 5.92 Å². The van der Waals surface area contributed by atoms with Crippen LogP contribution in [0.25, 0.3) is 0 Å². The molecule has 2 rings (SSSR count). The normalized spacial score (nSPS) is 15.7. The third-order valence-corrected chi connectivity index (χ3v) is 3.34. The molecule has 1 N–H and O–H groups in total. The molecule has 1 aliphatic carbocycles. The topological polar surface area (TPSA) is 55.4 Å². The van der Waals surface area contributed by atoms with Crippen LogP contribution in [-0.4, -0.2) is 19.0 Å². The summed E-state index contributed by atoms with van der Waals surface area (Å²) in [5.41, 5.74) is 2.08. The van der Waals surface area contributed by atoms with E-state index in [1.165, 1.54) is 7.11 Å². The number of esters is 1. The first-order chi connectivity index (χ1) is 9.10. The number of nitrogens with one attached hydrogen (secondary N) is 1. The first-order valence-corrected chi connectivity index (χ1v) is 6.54. The molecule has 1 aliphatic rings. The Labute approximate surface area is 113 Å². The molecular formula is C15H19NO3. The van der Waals surface area contributed by atoms with E-state index in [0.29, 0.717) is 0 Å². The van der Waals surface area contributed by atoms with Crippen LogP contribution in [0.4, 0.5) is 0 Å². The molecule has 1 fully saturated rings. The zero-order valence-corrected chi connectivity index (χ0v) is 11.3. The predicted octanol–water partition coefficient (Wildman–Crippen LogP) is 2.13. The Bertz CT molecular complexity index is 463. The van der Waals surface area contributed by atoms with Crippen molar-refractivity contribution in [2.75, 3.05) is 7.11 Å². The maximum absolute atomic E-state index is 11.9. The van der Waals surface area contributed by atoms with Crippen molar-refractivity contribution in [1.29, 1.82) is 0 Å². The fraction of sp³-hybridized carbons (Fsp3) is 0.467. The SMILES string of the molecule is COC(=O)C[C@@H](NC(=O)C1CC1)c1ccc(C)cc1. The van der Waals surface area contributed by atoms with E-state index in [0.717, 1.165) is 24.0 Å². The zero-order valence-electron chi connectivity index (χ0n) is 11.3. The minimum Gasteiger partial charge on any atom is -0.469 e. The van der Waals surface area contributed by atoms with Gasteiger partial charge >= 0.3 is 5.97 Å². The Morgan fingerprint density at radius 2 is 1.95 bits per heavy atom. The third-order valence-electron chi connectivity index (χ3n) is 3.34. The lowest BCUT2D eigenvalue weighted by Crippen LogP contribution is -2.31. The van der Waals surface area contributed by atoms with E-state index >= 15 is 0 Å². The number of benzene rings is 1. The maximum Gasteiger partial charge on any atom is 0.307 e. The molecule has 1 atom stereocenters. The summed E-state index contributed by atoms with van der Waals surface area (Å²) in [4.78, 5) is 23.3. The summed E-state index contributed by atoms with van der Waals surface area (Å²) in [6, 6.07) is 7.53. The van der Waals surface area contributed by atoms with Crippen molar-refractivity contribution in [3.8, 4) is 0 Å². The molecule has 0 aromatic heterocycles. The van der Waals surface area contributed by atoms with Gasteiger partial charge < -0.3 is 10.1 Å². The Morgan fingerprint density at radius 1 is 1.32 bits per heavy atom. The van der Waals surface area contributed by atoms with Gasteiger partial charge in [0.25, 0.3) is 0 Å². The molecule has 102 valence electrons. The molecule has 1 saturated carbocycles. The summed E-state index contributed by atoms with van der Waals surface area (Å²) in [7, 11) is 1.36. The molecule has 1 aromatic carbocycles. The van der Waals surface area contributed by atoms with Crippen LogP contribution in [0.1, 0.15) is 36.4 Å². The van der Waals surface area contributed by atoms with Gasteiger partial charge in [-0.15, -0.1) is 0 Å². The van der Waals surface area contributed by atoms with Crippen LogP contribution in [0.2, 0.25) is 0 Å². The maximum atomic E-state index is 11.9. The van der Waals surface area contributed by atoms with E-state index in [-0.39, 0.29) is 30.3 Å². The Balaban J connectivity index is 2.09. The number of rotatable bonds is 5. The molecule has 1 aromatic rings. The van der Waals surface area contributed by atoms with Crippen LogP contribution in [0.15, 0.2) is 24.3 Å². The van der Waals surface area contributed by atoms with Crippen LogP contribution in [-0.2, 0) is 14.3 Å². The number of aryl methyl sites for hydroxylation is 1. The highest BCUT2D eigenvalue weighted by Crippen LogP contribution is 2.30. The van der Waals surface area contributed by atoms with Gasteiger partial charge in [-0.25, -0.2) is 0 Å². The van der Waals surface area contributed by atoms with Gasteiger partial charge in [-0.3, -0.25) is 9.59 Å². The van der Waals surface area contributed by atoms with E-state index < -0.39 is 0 Å². The van der Waals surface area contributed by atoms with Crippen molar-refractivity contribution < 1.29 is 14.3 Å². The highest BCUT2D eigenvalue weighted by Gasteiger charge is 2.31. The number of hydrogen-bond acceptors (Lipinski definition) is 3. The van der Waals surface area contributed by atoms with Gasteiger partial charge in [0.1, 0.15) is 0 Å². The van der Waals surface area contributed by atoms with Gasteiger partial charge in [-0.1, -0.05) is 29.8 Å². The number of carbonyl (C=O) groups excluding carboxylic acids is 2. The molecule has 4 heteroatoms. The molecule has 0 aliphatic heterocycles. The van der Waals surface area contributed by atoms with E-state index in [1.807, 2.05) is 31.2 Å². The number of amides is 1. The van der Waals surface area contributed by atoms with Gasteiger partial charge in [-0.05, 0) is 25.3 Å². The van der Waals surface area contributed by atoms with E-state index in [2.05, 4.69) is 5.32 Å². The summed E-state index contributed by atoms with van der Waals surface area (Å²) in [6.45, 7) is 2.00. The van der Waals surface area contributed by atoms with Gasteiger partial charge in [0.2, 0.25) is 5.91 Å². The van der Waals surface area contributed by atoms with Crippen molar-refractivity contribution in [2.45, 2.75) is 32.2 Å². The van der Waals surface area contributed by atoms with Gasteiger partial charge in [-0.2, -0.15) is 0 Å². The van der Waals surface area contributed by atoms with Crippen LogP contribution in [0, 0.1) is 12.8 Å². The van der Waals surface area contributed by atoms with E-state index in [9.17, 15) is 9.59 Å². The number of methoxy groups -OCH3 is 1. The van der Waals surface area contributed by atoms with Crippen LogP contribution in [0.3, 0.4) is 0 Å². The van der Waals surface area contributed by atoms with Crippen molar-refractivity contribution in [3.05, 3.63) is 35.4 Å². The number of hydrogen-bond donors (Lipinski definition) is 1. The molecular weight excluding hydrogens is 242 g/mol. The second-order valence-corrected chi connectivity index (χ2v) is 5.03. The molecule has 0 spiro atoms. The molecule has 0 radical (unpaired) electrons. The van der Waals surface area contributed by atoms with Crippen LogP contribution >= 0.6 is 0 Å². The fourth-order valence-corrected chi connectivity index (χ4v) is 1.94. The lowest BCUT2D eigenvalue weighted by molar-refractivity contribution is -0.141.